The largest absolute Gasteiger partial charge is 0.486 e. The van der Waals surface area contributed by atoms with Crippen LogP contribution >= 0.6 is 0 Å². The van der Waals surface area contributed by atoms with E-state index < -0.39 is 0 Å². The average molecular weight is 278 g/mol. The highest BCUT2D eigenvalue weighted by atomic mass is 16.6. The molecule has 1 aromatic carbocycles. The lowest BCUT2D eigenvalue weighted by molar-refractivity contribution is 0.170. The highest BCUT2D eigenvalue weighted by molar-refractivity contribution is 5.70. The van der Waals surface area contributed by atoms with Gasteiger partial charge in [0.2, 0.25) is 0 Å². The highest BCUT2D eigenvalue weighted by Gasteiger charge is 2.26. The molecule has 5 N–H and O–H groups in total. The molecular weight excluding hydrogens is 256 g/mol. The molecule has 0 aromatic heterocycles. The van der Waals surface area contributed by atoms with Gasteiger partial charge in [0.1, 0.15) is 13.2 Å². The molecule has 0 bridgehead atoms. The zero-order chi connectivity index (χ0) is 13.9. The number of rotatable bonds is 3. The first-order chi connectivity index (χ1) is 9.85. The third-order valence-corrected chi connectivity index (χ3v) is 3.87. The Morgan fingerprint density at radius 2 is 1.75 bits per heavy atom. The number of anilines is 1. The van der Waals surface area contributed by atoms with Crippen molar-refractivity contribution in [3.05, 3.63) is 17.2 Å². The third kappa shape index (κ3) is 2.30. The van der Waals surface area contributed by atoms with E-state index in [0.717, 1.165) is 54.5 Å². The van der Waals surface area contributed by atoms with E-state index in [1.807, 2.05) is 0 Å². The third-order valence-electron chi connectivity index (χ3n) is 3.87. The van der Waals surface area contributed by atoms with Gasteiger partial charge in [-0.2, -0.15) is 0 Å². The molecule has 0 radical (unpaired) electrons. The molecule has 3 rings (SSSR count). The Bertz CT molecular complexity index is 487. The van der Waals surface area contributed by atoms with Crippen molar-refractivity contribution in [1.29, 1.82) is 0 Å². The molecule has 1 saturated heterocycles. The molecule has 6 heteroatoms. The number of piperazine rings is 1. The second-order valence-corrected chi connectivity index (χ2v) is 5.03. The molecule has 20 heavy (non-hydrogen) atoms. The van der Waals surface area contributed by atoms with Gasteiger partial charge in [-0.25, -0.2) is 0 Å². The summed E-state index contributed by atoms with van der Waals surface area (Å²) in [7, 11) is 0. The maximum absolute atomic E-state index is 5.87. The number of nitrogens with zero attached hydrogens (tertiary/aromatic N) is 1. The molecule has 1 aromatic rings. The number of hydrogen-bond acceptors (Lipinski definition) is 6. The summed E-state index contributed by atoms with van der Waals surface area (Å²) in [6.45, 7) is 5.90. The smallest absolute Gasteiger partial charge is 0.185 e. The van der Waals surface area contributed by atoms with Crippen LogP contribution in [0.25, 0.3) is 0 Å². The molecule has 1 fully saturated rings. The van der Waals surface area contributed by atoms with Crippen LogP contribution in [0.15, 0.2) is 6.07 Å². The van der Waals surface area contributed by atoms with Gasteiger partial charge in [0, 0.05) is 44.8 Å². The maximum atomic E-state index is 5.87. The fraction of sp³-hybridized carbons (Fsp3) is 0.571. The number of ether oxygens (including phenoxy) is 2. The SMILES string of the molecule is NCc1cc(N2CCNCC2)c2c(c1CN)OCCO2. The molecule has 0 saturated carbocycles. The number of benzene rings is 1. The summed E-state index contributed by atoms with van der Waals surface area (Å²) in [5, 5.41) is 3.36. The van der Waals surface area contributed by atoms with Crippen molar-refractivity contribution in [3.63, 3.8) is 0 Å². The monoisotopic (exact) mass is 278 g/mol. The van der Waals surface area contributed by atoms with Crippen LogP contribution in [0.4, 0.5) is 5.69 Å². The Kier molecular flexibility index (Phi) is 3.95. The Morgan fingerprint density at radius 1 is 1.05 bits per heavy atom. The van der Waals surface area contributed by atoms with Gasteiger partial charge in [-0.05, 0) is 11.6 Å². The summed E-state index contributed by atoms with van der Waals surface area (Å²) in [6, 6.07) is 2.11. The average Bonchev–Trinajstić information content (AvgIpc) is 2.54. The van der Waals surface area contributed by atoms with Crippen molar-refractivity contribution in [3.8, 4) is 11.5 Å². The summed E-state index contributed by atoms with van der Waals surface area (Å²) in [6.07, 6.45) is 0. The van der Waals surface area contributed by atoms with E-state index >= 15 is 0 Å². The molecule has 0 amide bonds. The fourth-order valence-corrected chi connectivity index (χ4v) is 2.84. The Morgan fingerprint density at radius 3 is 2.40 bits per heavy atom. The first kappa shape index (κ1) is 13.5. The van der Waals surface area contributed by atoms with Gasteiger partial charge in [0.15, 0.2) is 11.5 Å². The molecular formula is C14H22N4O2. The molecule has 0 aliphatic carbocycles. The maximum Gasteiger partial charge on any atom is 0.185 e. The summed E-state index contributed by atoms with van der Waals surface area (Å²) in [4.78, 5) is 2.32. The van der Waals surface area contributed by atoms with Crippen LogP contribution in [0.1, 0.15) is 11.1 Å². The van der Waals surface area contributed by atoms with Crippen LogP contribution in [0.3, 0.4) is 0 Å². The number of nitrogens with one attached hydrogen (secondary N) is 1. The van der Waals surface area contributed by atoms with Gasteiger partial charge >= 0.3 is 0 Å². The van der Waals surface area contributed by atoms with E-state index in [-0.39, 0.29) is 0 Å². The van der Waals surface area contributed by atoms with Gasteiger partial charge in [-0.1, -0.05) is 0 Å². The van der Waals surface area contributed by atoms with E-state index in [1.165, 1.54) is 0 Å². The second kappa shape index (κ2) is 5.87. The summed E-state index contributed by atoms with van der Waals surface area (Å²) in [5.74, 6) is 1.62. The first-order valence-corrected chi connectivity index (χ1v) is 7.15. The van der Waals surface area contributed by atoms with E-state index in [0.29, 0.717) is 26.3 Å². The standard InChI is InChI=1S/C14H22N4O2/c15-8-10-7-12(18-3-1-17-2-4-18)14-13(11(10)9-16)19-5-6-20-14/h7,17H,1-6,8-9,15-16H2. The molecule has 0 atom stereocenters. The van der Waals surface area contributed by atoms with Gasteiger partial charge in [0.25, 0.3) is 0 Å². The van der Waals surface area contributed by atoms with Crippen LogP contribution in [-0.4, -0.2) is 39.4 Å². The Balaban J connectivity index is 2.08. The van der Waals surface area contributed by atoms with Crippen molar-refractivity contribution in [1.82, 2.24) is 5.32 Å². The number of nitrogens with two attached hydrogens (primary N) is 2. The quantitative estimate of drug-likeness (QED) is 0.709. The lowest BCUT2D eigenvalue weighted by atomic mass is 10.0. The topological polar surface area (TPSA) is 85.8 Å². The van der Waals surface area contributed by atoms with Crippen molar-refractivity contribution >= 4 is 5.69 Å². The molecule has 110 valence electrons. The first-order valence-electron chi connectivity index (χ1n) is 7.15. The Hall–Kier alpha value is -1.50. The summed E-state index contributed by atoms with van der Waals surface area (Å²) < 4.78 is 11.7. The van der Waals surface area contributed by atoms with Crippen molar-refractivity contribution in [2.45, 2.75) is 13.1 Å². The van der Waals surface area contributed by atoms with Gasteiger partial charge < -0.3 is 31.2 Å². The minimum atomic E-state index is 0.417. The van der Waals surface area contributed by atoms with Gasteiger partial charge in [-0.3, -0.25) is 0 Å². The van der Waals surface area contributed by atoms with Crippen LogP contribution < -0.4 is 31.2 Å². The highest BCUT2D eigenvalue weighted by Crippen LogP contribution is 2.44. The minimum absolute atomic E-state index is 0.417. The van der Waals surface area contributed by atoms with Gasteiger partial charge in [-0.15, -0.1) is 0 Å². The number of hydrogen-bond donors (Lipinski definition) is 3. The zero-order valence-corrected chi connectivity index (χ0v) is 11.7. The molecule has 2 aliphatic rings. The Labute approximate surface area is 119 Å². The lowest BCUT2D eigenvalue weighted by Crippen LogP contribution is -2.44. The molecule has 2 aliphatic heterocycles. The fourth-order valence-electron chi connectivity index (χ4n) is 2.84. The summed E-state index contributed by atoms with van der Waals surface area (Å²) >= 11 is 0. The van der Waals surface area contributed by atoms with Crippen molar-refractivity contribution in [2.24, 2.45) is 11.5 Å². The molecule has 6 nitrogen and oxygen atoms in total. The molecule has 2 heterocycles. The van der Waals surface area contributed by atoms with E-state index in [2.05, 4.69) is 16.3 Å². The van der Waals surface area contributed by atoms with Crippen LogP contribution in [0.5, 0.6) is 11.5 Å². The predicted molar refractivity (Wildman–Crippen MR) is 78.3 cm³/mol. The minimum Gasteiger partial charge on any atom is -0.486 e. The zero-order valence-electron chi connectivity index (χ0n) is 11.7. The van der Waals surface area contributed by atoms with Crippen LogP contribution in [-0.2, 0) is 13.1 Å². The molecule has 0 unspecified atom stereocenters. The number of fused-ring (bicyclic) bond motifs is 1. The summed E-state index contributed by atoms with van der Waals surface area (Å²) in [5.41, 5.74) is 14.8. The second-order valence-electron chi connectivity index (χ2n) is 5.03. The van der Waals surface area contributed by atoms with Crippen LogP contribution in [0.2, 0.25) is 0 Å². The molecule has 0 spiro atoms. The predicted octanol–water partition coefficient (Wildman–Crippen LogP) is -0.215. The van der Waals surface area contributed by atoms with E-state index in [1.54, 1.807) is 0 Å². The van der Waals surface area contributed by atoms with Crippen LogP contribution in [0, 0.1) is 0 Å². The van der Waals surface area contributed by atoms with E-state index in [9.17, 15) is 0 Å². The van der Waals surface area contributed by atoms with E-state index in [4.69, 9.17) is 20.9 Å². The normalized spacial score (nSPS) is 18.2. The van der Waals surface area contributed by atoms with Crippen molar-refractivity contribution in [2.75, 3.05) is 44.3 Å². The van der Waals surface area contributed by atoms with Crippen molar-refractivity contribution < 1.29 is 9.47 Å². The lowest BCUT2D eigenvalue weighted by Gasteiger charge is -2.34. The van der Waals surface area contributed by atoms with Gasteiger partial charge in [0.05, 0.1) is 5.69 Å².